The molecule has 96 valence electrons. The summed E-state index contributed by atoms with van der Waals surface area (Å²) < 4.78 is 2.02. The standard InChI is InChI=1S/C15H16N4/c1-10-8-9-11(2)19(10)18-15-12(3)16-13-6-4-5-7-14(13)17-15/h4-9H,1-3H3,(H,17,18). The van der Waals surface area contributed by atoms with E-state index in [0.29, 0.717) is 0 Å². The number of benzene rings is 1. The Morgan fingerprint density at radius 1 is 0.842 bits per heavy atom. The maximum Gasteiger partial charge on any atom is 0.167 e. The quantitative estimate of drug-likeness (QED) is 0.761. The lowest BCUT2D eigenvalue weighted by atomic mass is 10.3. The van der Waals surface area contributed by atoms with Gasteiger partial charge in [-0.05, 0) is 45.0 Å². The lowest BCUT2D eigenvalue weighted by Gasteiger charge is -2.13. The molecule has 0 aliphatic heterocycles. The van der Waals surface area contributed by atoms with Crippen LogP contribution < -0.4 is 5.43 Å². The number of nitrogens with zero attached hydrogens (tertiary/aromatic N) is 3. The van der Waals surface area contributed by atoms with E-state index in [9.17, 15) is 0 Å². The third-order valence-corrected chi connectivity index (χ3v) is 3.23. The van der Waals surface area contributed by atoms with E-state index in [2.05, 4.69) is 41.4 Å². The molecule has 0 radical (unpaired) electrons. The molecule has 0 atom stereocenters. The molecule has 0 fully saturated rings. The molecule has 3 aromatic rings. The molecular weight excluding hydrogens is 236 g/mol. The molecule has 0 bridgehead atoms. The molecule has 0 spiro atoms. The minimum Gasteiger partial charge on any atom is -0.276 e. The molecule has 0 amide bonds. The van der Waals surface area contributed by atoms with Crippen LogP contribution in [0.1, 0.15) is 17.1 Å². The van der Waals surface area contributed by atoms with E-state index in [-0.39, 0.29) is 0 Å². The first kappa shape index (κ1) is 11.7. The topological polar surface area (TPSA) is 42.7 Å². The molecule has 2 aromatic heterocycles. The van der Waals surface area contributed by atoms with Crippen LogP contribution in [0, 0.1) is 20.8 Å². The fraction of sp³-hybridized carbons (Fsp3) is 0.200. The number of hydrogen-bond acceptors (Lipinski definition) is 3. The van der Waals surface area contributed by atoms with Gasteiger partial charge in [0.15, 0.2) is 5.82 Å². The van der Waals surface area contributed by atoms with E-state index in [1.165, 1.54) is 0 Å². The maximum absolute atomic E-state index is 4.64. The molecule has 4 nitrogen and oxygen atoms in total. The van der Waals surface area contributed by atoms with Crippen molar-refractivity contribution in [2.75, 3.05) is 5.43 Å². The van der Waals surface area contributed by atoms with Gasteiger partial charge in [-0.15, -0.1) is 0 Å². The van der Waals surface area contributed by atoms with Gasteiger partial charge in [-0.25, -0.2) is 9.97 Å². The first-order valence-corrected chi connectivity index (χ1v) is 6.30. The van der Waals surface area contributed by atoms with Gasteiger partial charge in [-0.3, -0.25) is 10.1 Å². The zero-order valence-corrected chi connectivity index (χ0v) is 11.3. The molecular formula is C15H16N4. The van der Waals surface area contributed by atoms with Crippen molar-refractivity contribution < 1.29 is 0 Å². The highest BCUT2D eigenvalue weighted by Crippen LogP contribution is 2.17. The summed E-state index contributed by atoms with van der Waals surface area (Å²) in [7, 11) is 0. The summed E-state index contributed by atoms with van der Waals surface area (Å²) >= 11 is 0. The van der Waals surface area contributed by atoms with Crippen molar-refractivity contribution in [3.63, 3.8) is 0 Å². The second kappa shape index (κ2) is 4.39. The van der Waals surface area contributed by atoms with Crippen molar-refractivity contribution in [1.82, 2.24) is 14.6 Å². The first-order chi connectivity index (χ1) is 9.15. The normalized spacial score (nSPS) is 10.9. The lowest BCUT2D eigenvalue weighted by Crippen LogP contribution is -2.15. The second-order valence-corrected chi connectivity index (χ2v) is 4.71. The van der Waals surface area contributed by atoms with Crippen molar-refractivity contribution in [1.29, 1.82) is 0 Å². The molecule has 2 heterocycles. The third-order valence-electron chi connectivity index (χ3n) is 3.23. The number of para-hydroxylation sites is 2. The Morgan fingerprint density at radius 3 is 2.05 bits per heavy atom. The number of aromatic nitrogens is 3. The molecule has 4 heteroatoms. The number of aryl methyl sites for hydroxylation is 3. The summed E-state index contributed by atoms with van der Waals surface area (Å²) in [6, 6.07) is 12.1. The van der Waals surface area contributed by atoms with E-state index < -0.39 is 0 Å². The van der Waals surface area contributed by atoms with Crippen LogP contribution in [0.15, 0.2) is 36.4 Å². The van der Waals surface area contributed by atoms with E-state index in [0.717, 1.165) is 33.9 Å². The molecule has 0 saturated heterocycles. The van der Waals surface area contributed by atoms with Gasteiger partial charge in [0.05, 0.1) is 16.7 Å². The Balaban J connectivity index is 2.08. The van der Waals surface area contributed by atoms with Gasteiger partial charge in [0.2, 0.25) is 0 Å². The Hall–Kier alpha value is -2.36. The predicted molar refractivity (Wildman–Crippen MR) is 77.2 cm³/mol. The molecule has 19 heavy (non-hydrogen) atoms. The molecule has 0 aliphatic carbocycles. The van der Waals surface area contributed by atoms with Crippen LogP contribution in [0.25, 0.3) is 11.0 Å². The summed E-state index contributed by atoms with van der Waals surface area (Å²) in [5.41, 5.74) is 8.33. The average molecular weight is 252 g/mol. The van der Waals surface area contributed by atoms with Crippen molar-refractivity contribution in [2.24, 2.45) is 0 Å². The van der Waals surface area contributed by atoms with E-state index in [1.807, 2.05) is 35.9 Å². The van der Waals surface area contributed by atoms with Crippen molar-refractivity contribution in [3.8, 4) is 0 Å². The van der Waals surface area contributed by atoms with Crippen LogP contribution in [0.2, 0.25) is 0 Å². The fourth-order valence-electron chi connectivity index (χ4n) is 2.14. The zero-order valence-electron chi connectivity index (χ0n) is 11.3. The second-order valence-electron chi connectivity index (χ2n) is 4.71. The van der Waals surface area contributed by atoms with Gasteiger partial charge < -0.3 is 0 Å². The molecule has 1 N–H and O–H groups in total. The summed E-state index contributed by atoms with van der Waals surface area (Å²) in [6.07, 6.45) is 0. The lowest BCUT2D eigenvalue weighted by molar-refractivity contribution is 0.866. The summed E-state index contributed by atoms with van der Waals surface area (Å²) in [5, 5.41) is 0. The Bertz CT molecular complexity index is 723. The molecule has 0 unspecified atom stereocenters. The van der Waals surface area contributed by atoms with Crippen molar-refractivity contribution in [2.45, 2.75) is 20.8 Å². The van der Waals surface area contributed by atoms with Crippen molar-refractivity contribution in [3.05, 3.63) is 53.5 Å². The number of fused-ring (bicyclic) bond motifs is 1. The van der Waals surface area contributed by atoms with Crippen LogP contribution in [0.4, 0.5) is 5.82 Å². The van der Waals surface area contributed by atoms with E-state index in [1.54, 1.807) is 0 Å². The molecule has 0 saturated carbocycles. The van der Waals surface area contributed by atoms with Gasteiger partial charge in [0.1, 0.15) is 0 Å². The summed E-state index contributed by atoms with van der Waals surface area (Å²) in [6.45, 7) is 6.09. The monoisotopic (exact) mass is 252 g/mol. The predicted octanol–water partition coefficient (Wildman–Crippen LogP) is 3.23. The SMILES string of the molecule is Cc1nc2ccccc2nc1Nn1c(C)ccc1C. The average Bonchev–Trinajstić information content (AvgIpc) is 2.71. The van der Waals surface area contributed by atoms with Crippen LogP contribution in [0.5, 0.6) is 0 Å². The van der Waals surface area contributed by atoms with Gasteiger partial charge in [0, 0.05) is 11.4 Å². The fourth-order valence-corrected chi connectivity index (χ4v) is 2.14. The van der Waals surface area contributed by atoms with Gasteiger partial charge >= 0.3 is 0 Å². The minimum atomic E-state index is 0.793. The highest BCUT2D eigenvalue weighted by atomic mass is 15.4. The summed E-state index contributed by atoms with van der Waals surface area (Å²) in [4.78, 5) is 9.21. The minimum absolute atomic E-state index is 0.793. The van der Waals surface area contributed by atoms with Crippen LogP contribution in [-0.4, -0.2) is 14.6 Å². The van der Waals surface area contributed by atoms with E-state index >= 15 is 0 Å². The van der Waals surface area contributed by atoms with Crippen LogP contribution in [-0.2, 0) is 0 Å². The van der Waals surface area contributed by atoms with Crippen LogP contribution in [0.3, 0.4) is 0 Å². The number of anilines is 1. The highest BCUT2D eigenvalue weighted by Gasteiger charge is 2.07. The first-order valence-electron chi connectivity index (χ1n) is 6.30. The number of hydrogen-bond donors (Lipinski definition) is 1. The Kier molecular flexibility index (Phi) is 2.71. The third kappa shape index (κ3) is 2.05. The number of nitrogens with one attached hydrogen (secondary N) is 1. The summed E-state index contributed by atoms with van der Waals surface area (Å²) in [5.74, 6) is 0.793. The van der Waals surface area contributed by atoms with Gasteiger partial charge in [0.25, 0.3) is 0 Å². The zero-order chi connectivity index (χ0) is 13.4. The van der Waals surface area contributed by atoms with Crippen molar-refractivity contribution >= 4 is 16.9 Å². The molecule has 0 aliphatic rings. The maximum atomic E-state index is 4.64. The molecule has 3 rings (SSSR count). The highest BCUT2D eigenvalue weighted by molar-refractivity contribution is 5.76. The largest absolute Gasteiger partial charge is 0.276 e. The van der Waals surface area contributed by atoms with Crippen LogP contribution >= 0.6 is 0 Å². The van der Waals surface area contributed by atoms with Gasteiger partial charge in [-0.2, -0.15) is 0 Å². The Labute approximate surface area is 112 Å². The van der Waals surface area contributed by atoms with E-state index in [4.69, 9.17) is 0 Å². The van der Waals surface area contributed by atoms with Gasteiger partial charge in [-0.1, -0.05) is 12.1 Å². The number of rotatable bonds is 2. The Morgan fingerprint density at radius 2 is 1.42 bits per heavy atom. The molecule has 1 aromatic carbocycles. The smallest absolute Gasteiger partial charge is 0.167 e.